The second-order valence-corrected chi connectivity index (χ2v) is 1.24. The Hall–Kier alpha value is -0.940. The molecule has 0 aliphatic rings. The summed E-state index contributed by atoms with van der Waals surface area (Å²) in [5.74, 6) is -2.26. The van der Waals surface area contributed by atoms with Crippen LogP contribution in [0.15, 0.2) is 25.1 Å². The molecule has 0 aromatic rings. The second kappa shape index (κ2) is 4.81. The molecule has 0 heterocycles. The molecule has 0 aromatic heterocycles. The third-order valence-corrected chi connectivity index (χ3v) is 0.308. The predicted molar refractivity (Wildman–Crippen MR) is 27.7 cm³/mol. The third kappa shape index (κ3) is 17.6. The Labute approximate surface area is 58.8 Å². The summed E-state index contributed by atoms with van der Waals surface area (Å²) in [6.07, 6.45) is -6.69. The van der Waals surface area contributed by atoms with Gasteiger partial charge in [-0.2, -0.15) is 22.0 Å². The van der Waals surface area contributed by atoms with E-state index in [1.54, 1.807) is 0 Å². The van der Waals surface area contributed by atoms with Crippen LogP contribution in [-0.2, 0) is 0 Å². The lowest BCUT2D eigenvalue weighted by Gasteiger charge is -1.97. The molecule has 0 aliphatic heterocycles. The van der Waals surface area contributed by atoms with Gasteiger partial charge in [-0.3, -0.25) is 0 Å². The van der Waals surface area contributed by atoms with Gasteiger partial charge in [-0.25, -0.2) is 4.39 Å². The van der Waals surface area contributed by atoms with Gasteiger partial charge >= 0.3 is 6.18 Å². The molecule has 0 nitrogen and oxygen atoms in total. The Morgan fingerprint density at radius 3 is 1.00 bits per heavy atom. The maximum atomic E-state index is 10.9. The molecule has 6 heteroatoms. The quantitative estimate of drug-likeness (QED) is 0.498. The molecule has 0 saturated carbocycles. The zero-order chi connectivity index (χ0) is 9.65. The number of allylic oxidation sites excluding steroid dienone is 1. The lowest BCUT2D eigenvalue weighted by molar-refractivity contribution is -0.108. The standard InChI is InChI=1S/C3H2F4.C2H2F2/c1-2(4)3(5,6)7;1-2(3)4/h1H2;1H2. The van der Waals surface area contributed by atoms with Crippen molar-refractivity contribution in [3.05, 3.63) is 25.1 Å². The van der Waals surface area contributed by atoms with Crippen molar-refractivity contribution in [2.75, 3.05) is 0 Å². The number of hydrogen-bond donors (Lipinski definition) is 0. The van der Waals surface area contributed by atoms with E-state index in [9.17, 15) is 26.3 Å². The first-order valence-corrected chi connectivity index (χ1v) is 2.09. The van der Waals surface area contributed by atoms with Crippen LogP contribution in [-0.4, -0.2) is 6.18 Å². The smallest absolute Gasteiger partial charge is 0.202 e. The van der Waals surface area contributed by atoms with E-state index in [1.165, 1.54) is 0 Å². The molecule has 66 valence electrons. The van der Waals surface area contributed by atoms with Gasteiger partial charge in [0.25, 0.3) is 6.08 Å². The molecule has 0 unspecified atom stereocenters. The molecule has 0 amide bonds. The van der Waals surface area contributed by atoms with Gasteiger partial charge in [0.2, 0.25) is 0 Å². The number of rotatable bonds is 0. The van der Waals surface area contributed by atoms with Gasteiger partial charge in [0, 0.05) is 0 Å². The SMILES string of the molecule is C=C(F)C(F)(F)F.C=C(F)F. The number of alkyl halides is 3. The largest absolute Gasteiger partial charge is 0.442 e. The van der Waals surface area contributed by atoms with Crippen LogP contribution in [0.5, 0.6) is 0 Å². The van der Waals surface area contributed by atoms with Gasteiger partial charge in [0.05, 0.1) is 0 Å². The van der Waals surface area contributed by atoms with Crippen molar-refractivity contribution in [3.8, 4) is 0 Å². The third-order valence-electron chi connectivity index (χ3n) is 0.308. The minimum absolute atomic E-state index is 1.83. The molecule has 0 fully saturated rings. The van der Waals surface area contributed by atoms with E-state index in [1.807, 2.05) is 6.58 Å². The maximum Gasteiger partial charge on any atom is 0.442 e. The molecule has 0 aromatic carbocycles. The van der Waals surface area contributed by atoms with E-state index in [-0.39, 0.29) is 0 Å². The molecular formula is C5H4F6. The van der Waals surface area contributed by atoms with Crippen LogP contribution in [0, 0.1) is 0 Å². The topological polar surface area (TPSA) is 0 Å². The molecule has 0 radical (unpaired) electrons. The zero-order valence-corrected chi connectivity index (χ0v) is 5.18. The lowest BCUT2D eigenvalue weighted by atomic mass is 10.6. The van der Waals surface area contributed by atoms with Crippen molar-refractivity contribution in [2.45, 2.75) is 6.18 Å². The fourth-order valence-corrected chi connectivity index (χ4v) is 0. The first-order chi connectivity index (χ1) is 4.68. The van der Waals surface area contributed by atoms with Crippen molar-refractivity contribution < 1.29 is 26.3 Å². The molecule has 0 saturated heterocycles. The highest BCUT2D eigenvalue weighted by molar-refractivity contribution is 4.88. The van der Waals surface area contributed by atoms with E-state index in [2.05, 4.69) is 6.58 Å². The predicted octanol–water partition coefficient (Wildman–Crippen LogP) is 3.43. The number of hydrogen-bond acceptors (Lipinski definition) is 0. The summed E-state index contributed by atoms with van der Waals surface area (Å²) in [6.45, 7) is 4.26. The molecule has 11 heavy (non-hydrogen) atoms. The van der Waals surface area contributed by atoms with Gasteiger partial charge < -0.3 is 0 Å². The Bertz CT molecular complexity index is 140. The Balaban J connectivity index is 0. The van der Waals surface area contributed by atoms with Crippen LogP contribution in [0.3, 0.4) is 0 Å². The van der Waals surface area contributed by atoms with Crippen LogP contribution < -0.4 is 0 Å². The van der Waals surface area contributed by atoms with E-state index < -0.39 is 18.1 Å². The van der Waals surface area contributed by atoms with Gasteiger partial charge in [-0.1, -0.05) is 6.58 Å². The maximum absolute atomic E-state index is 10.9. The summed E-state index contributed by atoms with van der Waals surface area (Å²) in [5, 5.41) is 0. The molecule has 0 atom stereocenters. The number of halogens is 6. The van der Waals surface area contributed by atoms with Crippen molar-refractivity contribution in [3.63, 3.8) is 0 Å². The zero-order valence-electron chi connectivity index (χ0n) is 5.18. The van der Waals surface area contributed by atoms with E-state index in [4.69, 9.17) is 0 Å². The van der Waals surface area contributed by atoms with Crippen LogP contribution in [0.1, 0.15) is 0 Å². The average molecular weight is 178 g/mol. The van der Waals surface area contributed by atoms with Crippen molar-refractivity contribution in [1.29, 1.82) is 0 Å². The van der Waals surface area contributed by atoms with Crippen LogP contribution in [0.4, 0.5) is 26.3 Å². The molecule has 0 bridgehead atoms. The Kier molecular flexibility index (Phi) is 5.56. The summed E-state index contributed by atoms with van der Waals surface area (Å²) in [7, 11) is 0. The molecule has 0 N–H and O–H groups in total. The minimum Gasteiger partial charge on any atom is -0.202 e. The summed E-state index contributed by atoms with van der Waals surface area (Å²) >= 11 is 0. The van der Waals surface area contributed by atoms with E-state index in [0.29, 0.717) is 0 Å². The highest BCUT2D eigenvalue weighted by Gasteiger charge is 2.32. The van der Waals surface area contributed by atoms with E-state index >= 15 is 0 Å². The Morgan fingerprint density at radius 1 is 0.909 bits per heavy atom. The van der Waals surface area contributed by atoms with Gasteiger partial charge in [-0.05, 0) is 6.58 Å². The van der Waals surface area contributed by atoms with Crippen molar-refractivity contribution >= 4 is 0 Å². The van der Waals surface area contributed by atoms with Crippen LogP contribution >= 0.6 is 0 Å². The van der Waals surface area contributed by atoms with Gasteiger partial charge in [0.1, 0.15) is 0 Å². The minimum atomic E-state index is -4.86. The first-order valence-electron chi connectivity index (χ1n) is 2.09. The molecule has 0 rings (SSSR count). The van der Waals surface area contributed by atoms with Crippen LogP contribution in [0.25, 0.3) is 0 Å². The van der Waals surface area contributed by atoms with E-state index in [0.717, 1.165) is 0 Å². The van der Waals surface area contributed by atoms with Gasteiger partial charge in [-0.15, -0.1) is 0 Å². The molecule has 0 spiro atoms. The average Bonchev–Trinajstić information content (AvgIpc) is 1.59. The summed E-state index contributed by atoms with van der Waals surface area (Å²) in [5.41, 5.74) is 0. The van der Waals surface area contributed by atoms with Crippen molar-refractivity contribution in [2.24, 2.45) is 0 Å². The van der Waals surface area contributed by atoms with Crippen molar-refractivity contribution in [1.82, 2.24) is 0 Å². The Morgan fingerprint density at radius 2 is 1.00 bits per heavy atom. The summed E-state index contributed by atoms with van der Waals surface area (Å²) < 4.78 is 63.3. The monoisotopic (exact) mass is 178 g/mol. The summed E-state index contributed by atoms with van der Waals surface area (Å²) in [6, 6.07) is 0. The normalized spacial score (nSPS) is 9.64. The molecule has 0 aliphatic carbocycles. The molecular weight excluding hydrogens is 174 g/mol. The fraction of sp³-hybridized carbons (Fsp3) is 0.200. The van der Waals surface area contributed by atoms with Gasteiger partial charge in [0.15, 0.2) is 5.83 Å². The lowest BCUT2D eigenvalue weighted by Crippen LogP contribution is -2.05. The highest BCUT2D eigenvalue weighted by Crippen LogP contribution is 2.23. The fourth-order valence-electron chi connectivity index (χ4n) is 0. The summed E-state index contributed by atoms with van der Waals surface area (Å²) in [4.78, 5) is 0. The second-order valence-electron chi connectivity index (χ2n) is 1.24. The van der Waals surface area contributed by atoms with Crippen LogP contribution in [0.2, 0.25) is 0 Å². The highest BCUT2D eigenvalue weighted by atomic mass is 19.4. The first kappa shape index (κ1) is 12.7.